The van der Waals surface area contributed by atoms with Gasteiger partial charge in [0.15, 0.2) is 0 Å². The minimum atomic E-state index is -3.92. The Kier molecular flexibility index (Phi) is 5.84. The molecule has 0 spiro atoms. The molecule has 0 aliphatic heterocycles. The van der Waals surface area contributed by atoms with Gasteiger partial charge in [-0.2, -0.15) is 0 Å². The highest BCUT2D eigenvalue weighted by Gasteiger charge is 2.16. The first-order valence-electron chi connectivity index (χ1n) is 7.19. The highest BCUT2D eigenvalue weighted by molar-refractivity contribution is 7.89. The van der Waals surface area contributed by atoms with Crippen LogP contribution >= 0.6 is 0 Å². The minimum Gasteiger partial charge on any atom is -0.355 e. The van der Waals surface area contributed by atoms with E-state index in [0.29, 0.717) is 5.56 Å². The van der Waals surface area contributed by atoms with Crippen LogP contribution in [0.2, 0.25) is 0 Å². The number of anilines is 1. The minimum absolute atomic E-state index is 0.0845. The molecule has 0 saturated heterocycles. The van der Waals surface area contributed by atoms with Crippen LogP contribution in [0.15, 0.2) is 53.4 Å². The van der Waals surface area contributed by atoms with Crippen LogP contribution in [-0.4, -0.2) is 33.8 Å². The van der Waals surface area contributed by atoms with Crippen LogP contribution in [0, 0.1) is 5.82 Å². The lowest BCUT2D eigenvalue weighted by Gasteiger charge is -2.08. The molecule has 0 saturated carbocycles. The second-order valence-corrected chi connectivity index (χ2v) is 6.75. The molecule has 2 aromatic carbocycles. The van der Waals surface area contributed by atoms with Gasteiger partial charge >= 0.3 is 0 Å². The summed E-state index contributed by atoms with van der Waals surface area (Å²) in [7, 11) is -2.46. The molecule has 0 atom stereocenters. The lowest BCUT2D eigenvalue weighted by Crippen LogP contribution is -2.33. The number of benzene rings is 2. The van der Waals surface area contributed by atoms with Crippen molar-refractivity contribution in [2.45, 2.75) is 4.90 Å². The van der Waals surface area contributed by atoms with Gasteiger partial charge in [0, 0.05) is 18.3 Å². The van der Waals surface area contributed by atoms with Crippen LogP contribution < -0.4 is 15.4 Å². The third kappa shape index (κ3) is 5.10. The van der Waals surface area contributed by atoms with E-state index in [2.05, 4.69) is 15.4 Å². The van der Waals surface area contributed by atoms with E-state index in [1.807, 2.05) is 0 Å². The summed E-state index contributed by atoms with van der Waals surface area (Å²) in [5.74, 6) is -1.50. The summed E-state index contributed by atoms with van der Waals surface area (Å²) < 4.78 is 39.5. The lowest BCUT2D eigenvalue weighted by molar-refractivity contribution is -0.115. The molecule has 0 aliphatic rings. The van der Waals surface area contributed by atoms with E-state index >= 15 is 0 Å². The predicted octanol–water partition coefficient (Wildman–Crippen LogP) is 1.10. The topological polar surface area (TPSA) is 104 Å². The normalized spacial score (nSPS) is 11.0. The Balaban J connectivity index is 1.98. The number of amides is 2. The van der Waals surface area contributed by atoms with Gasteiger partial charge in [0.25, 0.3) is 5.91 Å². The molecular formula is C16H16FN3O4S. The van der Waals surface area contributed by atoms with E-state index in [1.165, 1.54) is 49.5 Å². The van der Waals surface area contributed by atoms with Gasteiger partial charge in [-0.25, -0.2) is 17.5 Å². The van der Waals surface area contributed by atoms with Crippen molar-refractivity contribution >= 4 is 27.5 Å². The fourth-order valence-corrected chi connectivity index (χ4v) is 2.93. The zero-order valence-corrected chi connectivity index (χ0v) is 14.1. The molecular weight excluding hydrogens is 349 g/mol. The average Bonchev–Trinajstić information content (AvgIpc) is 2.59. The van der Waals surface area contributed by atoms with E-state index < -0.39 is 28.3 Å². The molecule has 0 unspecified atom stereocenters. The number of halogens is 1. The molecule has 0 bridgehead atoms. The van der Waals surface area contributed by atoms with Gasteiger partial charge in [-0.3, -0.25) is 9.59 Å². The van der Waals surface area contributed by atoms with Gasteiger partial charge in [-0.15, -0.1) is 0 Å². The van der Waals surface area contributed by atoms with Crippen LogP contribution in [0.3, 0.4) is 0 Å². The maximum absolute atomic E-state index is 13.0. The number of carbonyl (C=O) groups excluding carboxylic acids is 2. The smallest absolute Gasteiger partial charge is 0.251 e. The van der Waals surface area contributed by atoms with Crippen molar-refractivity contribution in [2.24, 2.45) is 0 Å². The Hall–Kier alpha value is -2.78. The van der Waals surface area contributed by atoms with Crippen molar-refractivity contribution in [1.82, 2.24) is 10.0 Å². The van der Waals surface area contributed by atoms with Gasteiger partial charge in [0.05, 0.1) is 11.4 Å². The average molecular weight is 365 g/mol. The first-order valence-corrected chi connectivity index (χ1v) is 8.67. The lowest BCUT2D eigenvalue weighted by atomic mass is 10.2. The first-order chi connectivity index (χ1) is 11.8. The van der Waals surface area contributed by atoms with E-state index in [-0.39, 0.29) is 16.5 Å². The quantitative estimate of drug-likeness (QED) is 0.713. The largest absolute Gasteiger partial charge is 0.355 e. The molecule has 9 heteroatoms. The maximum Gasteiger partial charge on any atom is 0.251 e. The summed E-state index contributed by atoms with van der Waals surface area (Å²) in [4.78, 5) is 23.1. The molecule has 0 aromatic heterocycles. The molecule has 2 rings (SSSR count). The fourth-order valence-electron chi connectivity index (χ4n) is 1.95. The number of hydrogen-bond acceptors (Lipinski definition) is 4. The van der Waals surface area contributed by atoms with E-state index in [9.17, 15) is 22.4 Å². The van der Waals surface area contributed by atoms with Gasteiger partial charge in [-0.05, 0) is 42.5 Å². The maximum atomic E-state index is 13.0. The van der Waals surface area contributed by atoms with Crippen LogP contribution in [0.5, 0.6) is 0 Å². The van der Waals surface area contributed by atoms with Gasteiger partial charge in [0.2, 0.25) is 15.9 Å². The van der Waals surface area contributed by atoms with Crippen LogP contribution in [0.1, 0.15) is 10.4 Å². The van der Waals surface area contributed by atoms with Crippen molar-refractivity contribution in [1.29, 1.82) is 0 Å². The summed E-state index contributed by atoms with van der Waals surface area (Å²) in [6.07, 6.45) is 0. The number of rotatable bonds is 6. The molecule has 7 nitrogen and oxygen atoms in total. The van der Waals surface area contributed by atoms with E-state index in [0.717, 1.165) is 6.07 Å². The number of nitrogens with one attached hydrogen (secondary N) is 3. The molecule has 2 amide bonds. The number of sulfonamides is 1. The fraction of sp³-hybridized carbons (Fsp3) is 0.125. The zero-order valence-electron chi connectivity index (χ0n) is 13.2. The van der Waals surface area contributed by atoms with E-state index in [1.54, 1.807) is 0 Å². The Bertz CT molecular complexity index is 883. The molecule has 25 heavy (non-hydrogen) atoms. The number of carbonyl (C=O) groups is 2. The summed E-state index contributed by atoms with van der Waals surface area (Å²) in [6.45, 7) is -0.518. The van der Waals surface area contributed by atoms with Crippen LogP contribution in [0.4, 0.5) is 10.1 Å². The van der Waals surface area contributed by atoms with Crippen LogP contribution in [0.25, 0.3) is 0 Å². The molecule has 3 N–H and O–H groups in total. The number of hydrogen-bond donors (Lipinski definition) is 3. The van der Waals surface area contributed by atoms with Crippen molar-refractivity contribution in [3.8, 4) is 0 Å². The Morgan fingerprint density at radius 1 is 1.08 bits per heavy atom. The summed E-state index contributed by atoms with van der Waals surface area (Å²) >= 11 is 0. The third-order valence-corrected chi connectivity index (χ3v) is 4.60. The molecule has 0 heterocycles. The Morgan fingerprint density at radius 3 is 2.36 bits per heavy atom. The second-order valence-electron chi connectivity index (χ2n) is 4.99. The van der Waals surface area contributed by atoms with Crippen molar-refractivity contribution < 1.29 is 22.4 Å². The highest BCUT2D eigenvalue weighted by Crippen LogP contribution is 2.11. The first kappa shape index (κ1) is 18.6. The summed E-state index contributed by atoms with van der Waals surface area (Å²) in [5.41, 5.74) is 0.532. The SMILES string of the molecule is CNC(=O)c1ccc(S(=O)(=O)NCC(=O)Nc2cccc(F)c2)cc1. The molecule has 0 aliphatic carbocycles. The Labute approximate surface area is 144 Å². The van der Waals surface area contributed by atoms with Crippen LogP contribution in [-0.2, 0) is 14.8 Å². The molecule has 2 aromatic rings. The monoisotopic (exact) mass is 365 g/mol. The molecule has 0 radical (unpaired) electrons. The van der Waals surface area contributed by atoms with Gasteiger partial charge in [0.1, 0.15) is 5.82 Å². The third-order valence-electron chi connectivity index (χ3n) is 3.18. The van der Waals surface area contributed by atoms with E-state index in [4.69, 9.17) is 0 Å². The van der Waals surface area contributed by atoms with Crippen molar-refractivity contribution in [3.63, 3.8) is 0 Å². The molecule has 132 valence electrons. The summed E-state index contributed by atoms with van der Waals surface area (Å²) in [5, 5.41) is 4.80. The second kappa shape index (κ2) is 7.86. The van der Waals surface area contributed by atoms with Crippen molar-refractivity contribution in [3.05, 3.63) is 59.9 Å². The zero-order chi connectivity index (χ0) is 18.4. The predicted molar refractivity (Wildman–Crippen MR) is 90.1 cm³/mol. The Morgan fingerprint density at radius 2 is 1.76 bits per heavy atom. The highest BCUT2D eigenvalue weighted by atomic mass is 32.2. The van der Waals surface area contributed by atoms with Gasteiger partial charge in [-0.1, -0.05) is 6.07 Å². The summed E-state index contributed by atoms with van der Waals surface area (Å²) in [6, 6.07) is 10.5. The molecule has 0 fully saturated rings. The standard InChI is InChI=1S/C16H16FN3O4S/c1-18-16(22)11-5-7-14(8-6-11)25(23,24)19-10-15(21)20-13-4-2-3-12(17)9-13/h2-9,19H,10H2,1H3,(H,18,22)(H,20,21). The van der Waals surface area contributed by atoms with Crippen molar-refractivity contribution in [2.75, 3.05) is 18.9 Å². The van der Waals surface area contributed by atoms with Gasteiger partial charge < -0.3 is 10.6 Å².